The number of nitrogens with one attached hydrogen (secondary N) is 2. The second-order valence-electron chi connectivity index (χ2n) is 8.94. The van der Waals surface area contributed by atoms with Gasteiger partial charge in [0.1, 0.15) is 11.5 Å². The van der Waals surface area contributed by atoms with E-state index in [0.717, 1.165) is 17.2 Å². The van der Waals surface area contributed by atoms with Crippen molar-refractivity contribution in [1.29, 1.82) is 0 Å². The smallest absolute Gasteiger partial charge is 0.227 e. The molecule has 0 aliphatic carbocycles. The summed E-state index contributed by atoms with van der Waals surface area (Å²) in [6.07, 6.45) is 1.27. The summed E-state index contributed by atoms with van der Waals surface area (Å²) < 4.78 is 15.3. The predicted molar refractivity (Wildman–Crippen MR) is 132 cm³/mol. The Morgan fingerprint density at radius 1 is 1.03 bits per heavy atom. The number of anilines is 3. The van der Waals surface area contributed by atoms with Crippen molar-refractivity contribution >= 4 is 29.0 Å². The average Bonchev–Trinajstić information content (AvgIpc) is 3.15. The molecular formula is C26H30FN5O2. The van der Waals surface area contributed by atoms with Crippen LogP contribution in [0.25, 0.3) is 5.69 Å². The minimum atomic E-state index is -0.381. The van der Waals surface area contributed by atoms with E-state index >= 15 is 0 Å². The van der Waals surface area contributed by atoms with Crippen molar-refractivity contribution in [1.82, 2.24) is 9.78 Å². The Kier molecular flexibility index (Phi) is 6.95. The van der Waals surface area contributed by atoms with Crippen LogP contribution in [0.4, 0.5) is 21.6 Å². The first-order valence-electron chi connectivity index (χ1n) is 11.6. The van der Waals surface area contributed by atoms with Crippen LogP contribution in [0.1, 0.15) is 32.4 Å². The van der Waals surface area contributed by atoms with Crippen LogP contribution in [0.3, 0.4) is 0 Å². The lowest BCUT2D eigenvalue weighted by Crippen LogP contribution is -2.39. The normalized spacial score (nSPS) is 14.3. The highest BCUT2D eigenvalue weighted by molar-refractivity contribution is 5.96. The van der Waals surface area contributed by atoms with Gasteiger partial charge in [0, 0.05) is 30.6 Å². The van der Waals surface area contributed by atoms with E-state index in [-0.39, 0.29) is 29.5 Å². The molecule has 0 atom stereocenters. The van der Waals surface area contributed by atoms with Crippen LogP contribution < -0.4 is 15.5 Å². The summed E-state index contributed by atoms with van der Waals surface area (Å²) in [5, 5.41) is 10.6. The minimum absolute atomic E-state index is 0.0682. The molecular weight excluding hydrogens is 433 g/mol. The molecule has 2 amide bonds. The maximum Gasteiger partial charge on any atom is 0.227 e. The molecule has 0 unspecified atom stereocenters. The van der Waals surface area contributed by atoms with Gasteiger partial charge in [-0.25, -0.2) is 9.07 Å². The van der Waals surface area contributed by atoms with E-state index < -0.39 is 0 Å². The molecule has 4 rings (SSSR count). The molecule has 1 aliphatic rings. The maximum atomic E-state index is 13.5. The van der Waals surface area contributed by atoms with Crippen molar-refractivity contribution in [2.75, 3.05) is 28.6 Å². The van der Waals surface area contributed by atoms with Crippen molar-refractivity contribution < 1.29 is 14.0 Å². The Morgan fingerprint density at radius 3 is 2.38 bits per heavy atom. The number of aryl methyl sites for hydroxylation is 1. The lowest BCUT2D eigenvalue weighted by Gasteiger charge is -2.33. The Morgan fingerprint density at radius 2 is 1.74 bits per heavy atom. The number of carbonyl (C=O) groups is 2. The maximum absolute atomic E-state index is 13.5. The fraction of sp³-hybridized carbons (Fsp3) is 0.346. The third-order valence-corrected chi connectivity index (χ3v) is 6.07. The van der Waals surface area contributed by atoms with E-state index in [2.05, 4.69) is 15.5 Å². The van der Waals surface area contributed by atoms with Gasteiger partial charge >= 0.3 is 0 Å². The summed E-state index contributed by atoms with van der Waals surface area (Å²) in [7, 11) is 0. The Hall–Kier alpha value is -3.68. The zero-order valence-electron chi connectivity index (χ0n) is 19.7. The van der Waals surface area contributed by atoms with Gasteiger partial charge in [0.05, 0.1) is 11.4 Å². The molecule has 0 spiro atoms. The number of hydrogen-bond donors (Lipinski definition) is 2. The molecule has 7 nitrogen and oxygen atoms in total. The van der Waals surface area contributed by atoms with Crippen LogP contribution in [0.2, 0.25) is 0 Å². The molecule has 1 aliphatic heterocycles. The summed E-state index contributed by atoms with van der Waals surface area (Å²) in [4.78, 5) is 27.5. The molecule has 8 heteroatoms. The molecule has 2 aromatic carbocycles. The largest absolute Gasteiger partial charge is 0.355 e. The predicted octanol–water partition coefficient (Wildman–Crippen LogP) is 4.77. The molecule has 0 saturated carbocycles. The van der Waals surface area contributed by atoms with E-state index in [0.29, 0.717) is 37.3 Å². The molecule has 34 heavy (non-hydrogen) atoms. The number of aromatic nitrogens is 2. The van der Waals surface area contributed by atoms with Crippen molar-refractivity contribution in [2.24, 2.45) is 11.8 Å². The van der Waals surface area contributed by atoms with Crippen molar-refractivity contribution in [2.45, 2.75) is 33.6 Å². The average molecular weight is 464 g/mol. The van der Waals surface area contributed by atoms with Crippen molar-refractivity contribution in [3.05, 3.63) is 66.1 Å². The number of benzene rings is 2. The van der Waals surface area contributed by atoms with Gasteiger partial charge in [-0.2, -0.15) is 5.10 Å². The fourth-order valence-corrected chi connectivity index (χ4v) is 4.13. The Balaban J connectivity index is 1.55. The SMILES string of the molecule is Cc1nn(-c2ccccc2)c(N2CCC(C(=O)Nc3cccc(F)c3)CC2)c1NC(=O)C(C)C. The molecule has 1 aromatic heterocycles. The van der Waals surface area contributed by atoms with Gasteiger partial charge in [-0.15, -0.1) is 0 Å². The van der Waals surface area contributed by atoms with Gasteiger partial charge in [-0.3, -0.25) is 9.59 Å². The molecule has 2 heterocycles. The minimum Gasteiger partial charge on any atom is -0.355 e. The number of carbonyl (C=O) groups excluding carboxylic acids is 2. The van der Waals surface area contributed by atoms with Crippen LogP contribution in [0.15, 0.2) is 54.6 Å². The molecule has 3 aromatic rings. The first-order chi connectivity index (χ1) is 16.3. The topological polar surface area (TPSA) is 79.3 Å². The molecule has 178 valence electrons. The van der Waals surface area contributed by atoms with Crippen molar-refractivity contribution in [3.8, 4) is 5.69 Å². The third kappa shape index (κ3) is 5.11. The van der Waals surface area contributed by atoms with Gasteiger partial charge in [0.15, 0.2) is 5.82 Å². The van der Waals surface area contributed by atoms with Gasteiger partial charge < -0.3 is 15.5 Å². The molecule has 2 N–H and O–H groups in total. The quantitative estimate of drug-likeness (QED) is 0.552. The summed E-state index contributed by atoms with van der Waals surface area (Å²) in [5.41, 5.74) is 2.80. The summed E-state index contributed by atoms with van der Waals surface area (Å²) in [6.45, 7) is 6.86. The highest BCUT2D eigenvalue weighted by Gasteiger charge is 2.30. The van der Waals surface area contributed by atoms with E-state index in [1.165, 1.54) is 12.1 Å². The van der Waals surface area contributed by atoms with Crippen molar-refractivity contribution in [3.63, 3.8) is 0 Å². The van der Waals surface area contributed by atoms with E-state index in [4.69, 9.17) is 5.10 Å². The van der Waals surface area contributed by atoms with Crippen LogP contribution in [0.5, 0.6) is 0 Å². The Labute approximate surface area is 199 Å². The van der Waals surface area contributed by atoms with Gasteiger partial charge in [0.2, 0.25) is 11.8 Å². The summed E-state index contributed by atoms with van der Waals surface area (Å²) in [5.74, 6) is -0.0746. The second kappa shape index (κ2) is 10.1. The third-order valence-electron chi connectivity index (χ3n) is 6.07. The van der Waals surface area contributed by atoms with Gasteiger partial charge in [-0.1, -0.05) is 38.1 Å². The monoisotopic (exact) mass is 463 g/mol. The Bertz CT molecular complexity index is 1170. The molecule has 0 radical (unpaired) electrons. The second-order valence-corrected chi connectivity index (χ2v) is 8.94. The first-order valence-corrected chi connectivity index (χ1v) is 11.6. The summed E-state index contributed by atoms with van der Waals surface area (Å²) in [6, 6.07) is 15.7. The van der Waals surface area contributed by atoms with Gasteiger partial charge in [-0.05, 0) is 50.1 Å². The number of amides is 2. The zero-order valence-corrected chi connectivity index (χ0v) is 19.7. The van der Waals surface area contributed by atoms with Crippen LogP contribution in [0, 0.1) is 24.6 Å². The standard InChI is InChI=1S/C26H30FN5O2/c1-17(2)24(33)29-23-18(3)30-32(22-10-5-4-6-11-22)26(23)31-14-12-19(13-15-31)25(34)28-21-9-7-8-20(27)16-21/h4-11,16-17,19H,12-15H2,1-3H3,(H,28,34)(H,29,33). The molecule has 0 bridgehead atoms. The zero-order chi connectivity index (χ0) is 24.2. The van der Waals surface area contributed by atoms with Crippen LogP contribution in [-0.4, -0.2) is 34.7 Å². The molecule has 1 saturated heterocycles. The number of halogens is 1. The van der Waals surface area contributed by atoms with Crippen LogP contribution in [-0.2, 0) is 9.59 Å². The van der Waals surface area contributed by atoms with E-state index in [1.807, 2.05) is 55.8 Å². The van der Waals surface area contributed by atoms with Crippen LogP contribution >= 0.6 is 0 Å². The molecule has 1 fully saturated rings. The van der Waals surface area contributed by atoms with E-state index in [9.17, 15) is 14.0 Å². The van der Waals surface area contributed by atoms with E-state index in [1.54, 1.807) is 12.1 Å². The number of hydrogen-bond acceptors (Lipinski definition) is 4. The highest BCUT2D eigenvalue weighted by Crippen LogP contribution is 2.35. The van der Waals surface area contributed by atoms with Gasteiger partial charge in [0.25, 0.3) is 0 Å². The lowest BCUT2D eigenvalue weighted by molar-refractivity contribution is -0.120. The number of rotatable bonds is 6. The summed E-state index contributed by atoms with van der Waals surface area (Å²) >= 11 is 0. The number of nitrogens with zero attached hydrogens (tertiary/aromatic N) is 3. The fourth-order valence-electron chi connectivity index (χ4n) is 4.13. The number of para-hydroxylation sites is 1. The first kappa shape index (κ1) is 23.5. The highest BCUT2D eigenvalue weighted by atomic mass is 19.1. The number of piperidine rings is 1. The lowest BCUT2D eigenvalue weighted by atomic mass is 9.95.